The van der Waals surface area contributed by atoms with Crippen molar-refractivity contribution < 1.29 is 22.5 Å². The minimum Gasteiger partial charge on any atom is -0.340 e. The number of benzene rings is 1. The van der Waals surface area contributed by atoms with E-state index >= 15 is 0 Å². The Morgan fingerprint density at radius 1 is 1.12 bits per heavy atom. The van der Waals surface area contributed by atoms with Crippen molar-refractivity contribution >= 4 is 21.8 Å². The Labute approximate surface area is 187 Å². The molecule has 1 N–H and O–H groups in total. The maximum Gasteiger partial charge on any atom is 0.252 e. The standard InChI is InChI=1S/C21H27N5O5S/c1-15-22-20(24-31-15)21(8-3-4-9-21)23-19(28)17-6-5-7-18(14-17)32(29,30)26-12-10-25(11-13-26)16(2)27/h5-7,14H,3-4,8-13H2,1-2H3,(H,23,28). The van der Waals surface area contributed by atoms with Crippen molar-refractivity contribution in [2.75, 3.05) is 26.2 Å². The number of sulfonamides is 1. The fourth-order valence-corrected chi connectivity index (χ4v) is 5.82. The highest BCUT2D eigenvalue weighted by molar-refractivity contribution is 7.89. The lowest BCUT2D eigenvalue weighted by Gasteiger charge is -2.33. The van der Waals surface area contributed by atoms with E-state index in [1.54, 1.807) is 24.0 Å². The predicted octanol–water partition coefficient (Wildman–Crippen LogP) is 1.43. The molecule has 1 saturated heterocycles. The molecule has 0 radical (unpaired) electrons. The van der Waals surface area contributed by atoms with Crippen molar-refractivity contribution in [3.63, 3.8) is 0 Å². The van der Waals surface area contributed by atoms with Crippen molar-refractivity contribution in [2.24, 2.45) is 0 Å². The molecule has 2 aromatic rings. The number of piperazine rings is 1. The third-order valence-electron chi connectivity index (χ3n) is 6.18. The molecule has 0 bridgehead atoms. The van der Waals surface area contributed by atoms with Crippen LogP contribution in [0.4, 0.5) is 0 Å². The Hall–Kier alpha value is -2.79. The number of aryl methyl sites for hydroxylation is 1. The highest BCUT2D eigenvalue weighted by atomic mass is 32.2. The quantitative estimate of drug-likeness (QED) is 0.714. The molecule has 32 heavy (non-hydrogen) atoms. The van der Waals surface area contributed by atoms with Crippen LogP contribution >= 0.6 is 0 Å². The lowest BCUT2D eigenvalue weighted by molar-refractivity contribution is -0.129. The Morgan fingerprint density at radius 2 is 1.81 bits per heavy atom. The number of nitrogens with zero attached hydrogens (tertiary/aromatic N) is 4. The smallest absolute Gasteiger partial charge is 0.252 e. The maximum atomic E-state index is 13.1. The van der Waals surface area contributed by atoms with Crippen LogP contribution in [0.2, 0.25) is 0 Å². The maximum absolute atomic E-state index is 13.1. The first kappa shape index (κ1) is 22.4. The Balaban J connectivity index is 1.53. The van der Waals surface area contributed by atoms with E-state index in [0.29, 0.717) is 37.6 Å². The molecule has 0 unspecified atom stereocenters. The molecular formula is C21H27N5O5S. The summed E-state index contributed by atoms with van der Waals surface area (Å²) in [4.78, 5) is 30.6. The van der Waals surface area contributed by atoms with Gasteiger partial charge in [-0.25, -0.2) is 8.42 Å². The average molecular weight is 462 g/mol. The first-order valence-corrected chi connectivity index (χ1v) is 12.1. The fraction of sp³-hybridized carbons (Fsp3) is 0.524. The van der Waals surface area contributed by atoms with Gasteiger partial charge in [0.1, 0.15) is 5.54 Å². The molecule has 0 atom stereocenters. The predicted molar refractivity (Wildman–Crippen MR) is 114 cm³/mol. The number of carbonyl (C=O) groups excluding carboxylic acids is 2. The average Bonchev–Trinajstić information content (AvgIpc) is 3.44. The first-order valence-electron chi connectivity index (χ1n) is 10.7. The minimum atomic E-state index is -3.78. The van der Waals surface area contributed by atoms with E-state index in [-0.39, 0.29) is 35.4 Å². The molecule has 2 fully saturated rings. The zero-order chi connectivity index (χ0) is 22.9. The van der Waals surface area contributed by atoms with E-state index in [4.69, 9.17) is 4.52 Å². The fourth-order valence-electron chi connectivity index (χ4n) is 4.36. The zero-order valence-electron chi connectivity index (χ0n) is 18.2. The van der Waals surface area contributed by atoms with Crippen LogP contribution in [0, 0.1) is 6.92 Å². The summed E-state index contributed by atoms with van der Waals surface area (Å²) in [6.07, 6.45) is 3.23. The molecule has 2 aliphatic rings. The monoisotopic (exact) mass is 461 g/mol. The van der Waals surface area contributed by atoms with E-state index < -0.39 is 15.6 Å². The van der Waals surface area contributed by atoms with Crippen LogP contribution in [-0.2, 0) is 20.4 Å². The summed E-state index contributed by atoms with van der Waals surface area (Å²) in [5, 5.41) is 7.06. The highest BCUT2D eigenvalue weighted by Crippen LogP contribution is 2.37. The minimum absolute atomic E-state index is 0.0531. The van der Waals surface area contributed by atoms with Crippen LogP contribution in [0.5, 0.6) is 0 Å². The van der Waals surface area contributed by atoms with Crippen molar-refractivity contribution in [2.45, 2.75) is 50.0 Å². The van der Waals surface area contributed by atoms with Gasteiger partial charge in [-0.2, -0.15) is 9.29 Å². The van der Waals surface area contributed by atoms with Gasteiger partial charge in [-0.1, -0.05) is 24.1 Å². The molecule has 1 aliphatic carbocycles. The summed E-state index contributed by atoms with van der Waals surface area (Å²) in [7, 11) is -3.78. The third-order valence-corrected chi connectivity index (χ3v) is 8.08. The van der Waals surface area contributed by atoms with Crippen LogP contribution in [-0.4, -0.2) is 65.8 Å². The number of amides is 2. The van der Waals surface area contributed by atoms with E-state index in [9.17, 15) is 18.0 Å². The molecule has 11 heteroatoms. The number of nitrogens with one attached hydrogen (secondary N) is 1. The second-order valence-electron chi connectivity index (χ2n) is 8.32. The first-order chi connectivity index (χ1) is 15.2. The van der Waals surface area contributed by atoms with Gasteiger partial charge in [0.15, 0.2) is 5.82 Å². The molecule has 1 aromatic heterocycles. The second-order valence-corrected chi connectivity index (χ2v) is 10.3. The number of carbonyl (C=O) groups is 2. The van der Waals surface area contributed by atoms with Gasteiger partial charge in [0, 0.05) is 45.6 Å². The molecule has 1 aliphatic heterocycles. The molecule has 1 aromatic carbocycles. The van der Waals surface area contributed by atoms with E-state index in [1.165, 1.54) is 23.4 Å². The molecule has 0 spiro atoms. The van der Waals surface area contributed by atoms with E-state index in [1.807, 2.05) is 0 Å². The van der Waals surface area contributed by atoms with Crippen LogP contribution < -0.4 is 5.32 Å². The van der Waals surface area contributed by atoms with E-state index in [2.05, 4.69) is 15.5 Å². The van der Waals surface area contributed by atoms with Gasteiger partial charge >= 0.3 is 0 Å². The summed E-state index contributed by atoms with van der Waals surface area (Å²) in [5.41, 5.74) is -0.466. The van der Waals surface area contributed by atoms with Crippen molar-refractivity contribution in [3.8, 4) is 0 Å². The van der Waals surface area contributed by atoms with Gasteiger partial charge < -0.3 is 14.7 Å². The molecular weight excluding hydrogens is 434 g/mol. The number of hydrogen-bond acceptors (Lipinski definition) is 7. The number of hydrogen-bond donors (Lipinski definition) is 1. The van der Waals surface area contributed by atoms with Crippen molar-refractivity contribution in [3.05, 3.63) is 41.5 Å². The second kappa shape index (κ2) is 8.62. The van der Waals surface area contributed by atoms with Gasteiger partial charge in [-0.05, 0) is 31.0 Å². The topological polar surface area (TPSA) is 126 Å². The highest BCUT2D eigenvalue weighted by Gasteiger charge is 2.41. The molecule has 4 rings (SSSR count). The van der Waals surface area contributed by atoms with Gasteiger partial charge in [0.25, 0.3) is 5.91 Å². The largest absolute Gasteiger partial charge is 0.340 e. The summed E-state index contributed by atoms with van der Waals surface area (Å²) in [6, 6.07) is 6.03. The van der Waals surface area contributed by atoms with Crippen molar-refractivity contribution in [1.29, 1.82) is 0 Å². The number of aromatic nitrogens is 2. The summed E-state index contributed by atoms with van der Waals surface area (Å²) in [5.74, 6) is 0.428. The lowest BCUT2D eigenvalue weighted by Crippen LogP contribution is -2.50. The van der Waals surface area contributed by atoms with Crippen LogP contribution in [0.15, 0.2) is 33.7 Å². The SMILES string of the molecule is CC(=O)N1CCN(S(=O)(=O)c2cccc(C(=O)NC3(c4noc(C)n4)CCCC3)c2)CC1. The Morgan fingerprint density at radius 3 is 2.41 bits per heavy atom. The van der Waals surface area contributed by atoms with Crippen molar-refractivity contribution in [1.82, 2.24) is 24.7 Å². The molecule has 2 heterocycles. The summed E-state index contributed by atoms with van der Waals surface area (Å²) in [6.45, 7) is 4.31. The van der Waals surface area contributed by atoms with Gasteiger partial charge in [-0.15, -0.1) is 0 Å². The Bertz CT molecular complexity index is 1120. The summed E-state index contributed by atoms with van der Waals surface area (Å²) >= 11 is 0. The molecule has 1 saturated carbocycles. The Kier molecular flexibility index (Phi) is 6.04. The summed E-state index contributed by atoms with van der Waals surface area (Å²) < 4.78 is 32.7. The van der Waals surface area contributed by atoms with Crippen LogP contribution in [0.25, 0.3) is 0 Å². The van der Waals surface area contributed by atoms with Gasteiger partial charge in [0.05, 0.1) is 4.90 Å². The lowest BCUT2D eigenvalue weighted by atomic mass is 9.96. The van der Waals surface area contributed by atoms with Gasteiger partial charge in [0.2, 0.25) is 21.8 Å². The molecule has 172 valence electrons. The zero-order valence-corrected chi connectivity index (χ0v) is 19.0. The molecule has 2 amide bonds. The molecule has 10 nitrogen and oxygen atoms in total. The number of rotatable bonds is 5. The van der Waals surface area contributed by atoms with Crippen LogP contribution in [0.3, 0.4) is 0 Å². The third kappa shape index (κ3) is 4.26. The van der Waals surface area contributed by atoms with Gasteiger partial charge in [-0.3, -0.25) is 9.59 Å². The van der Waals surface area contributed by atoms with E-state index in [0.717, 1.165) is 12.8 Å². The normalized spacial score (nSPS) is 19.1. The van der Waals surface area contributed by atoms with Crippen LogP contribution in [0.1, 0.15) is 54.7 Å².